The fourth-order valence-corrected chi connectivity index (χ4v) is 4.89. The number of alkyl halides is 6. The molecule has 15 heteroatoms. The summed E-state index contributed by atoms with van der Waals surface area (Å²) >= 11 is 0. The summed E-state index contributed by atoms with van der Waals surface area (Å²) in [7, 11) is -3.19. The predicted octanol–water partition coefficient (Wildman–Crippen LogP) is 6.93. The summed E-state index contributed by atoms with van der Waals surface area (Å²) in [6, 6.07) is 7.19. The molecule has 0 bridgehead atoms. The van der Waals surface area contributed by atoms with Crippen LogP contribution in [-0.2, 0) is 21.3 Å². The first-order valence-corrected chi connectivity index (χ1v) is 13.5. The van der Waals surface area contributed by atoms with E-state index in [1.54, 1.807) is 0 Å². The molecule has 3 aromatic rings. The Labute approximate surface area is 223 Å². The molecule has 4 rings (SSSR count). The predicted molar refractivity (Wildman–Crippen MR) is 129 cm³/mol. The lowest BCUT2D eigenvalue weighted by Gasteiger charge is -2.22. The van der Waals surface area contributed by atoms with Gasteiger partial charge in [0.2, 0.25) is 0 Å². The number of hydrogen-bond acceptors (Lipinski definition) is 6. The topological polar surface area (TPSA) is 105 Å². The molecule has 1 atom stereocenters. The van der Waals surface area contributed by atoms with Crippen molar-refractivity contribution in [3.63, 3.8) is 0 Å². The van der Waals surface area contributed by atoms with E-state index in [9.17, 15) is 35.3 Å². The van der Waals surface area contributed by atoms with Crippen LogP contribution < -0.4 is 10.1 Å². The minimum Gasteiger partial charge on any atom is -0.437 e. The third-order valence-corrected chi connectivity index (χ3v) is 7.73. The Morgan fingerprint density at radius 2 is 1.70 bits per heavy atom. The zero-order valence-electron chi connectivity index (χ0n) is 21.1. The molecule has 1 aliphatic carbocycles. The first-order chi connectivity index (χ1) is 18.4. The highest BCUT2D eigenvalue weighted by molar-refractivity contribution is 7.91. The van der Waals surface area contributed by atoms with Crippen molar-refractivity contribution in [2.24, 2.45) is 0 Å². The number of nitrogens with zero attached hydrogens (tertiary/aromatic N) is 2. The van der Waals surface area contributed by atoms with Crippen LogP contribution in [0.4, 0.5) is 36.4 Å². The van der Waals surface area contributed by atoms with E-state index in [0.717, 1.165) is 32.2 Å². The van der Waals surface area contributed by atoms with Gasteiger partial charge in [-0.2, -0.15) is 26.3 Å². The lowest BCUT2D eigenvalue weighted by atomic mass is 9.93. The van der Waals surface area contributed by atoms with Gasteiger partial charge >= 0.3 is 12.4 Å². The minimum atomic E-state index is -5.01. The maximum atomic E-state index is 15.1. The van der Waals surface area contributed by atoms with Gasteiger partial charge in [0.15, 0.2) is 5.69 Å². The highest BCUT2D eigenvalue weighted by atomic mass is 32.2. The standard InChI is InChI=1S/C25H21F7N4O3S/c1-12-17(8-7-16(19(12)26)23(9-10-23)25(30,31)32)39-22-18(13(2)20(35-36-22)24(27,28)29)21(37)34-14-5-4-6-15(11-14)40(3,33)38/h4-8,11,33H,9-10H2,1-3H3,(H,34,37). The average molecular weight is 591 g/mol. The van der Waals surface area contributed by atoms with Crippen LogP contribution in [0.15, 0.2) is 41.3 Å². The average Bonchev–Trinajstić information content (AvgIpc) is 3.63. The van der Waals surface area contributed by atoms with Gasteiger partial charge in [-0.1, -0.05) is 12.1 Å². The summed E-state index contributed by atoms with van der Waals surface area (Å²) in [6.07, 6.45) is -9.15. The van der Waals surface area contributed by atoms with Crippen LogP contribution in [0.1, 0.15) is 45.6 Å². The second kappa shape index (κ2) is 9.71. The second-order valence-electron chi connectivity index (χ2n) is 9.41. The van der Waals surface area contributed by atoms with Crippen molar-refractivity contribution in [1.29, 1.82) is 4.78 Å². The van der Waals surface area contributed by atoms with Crippen LogP contribution in [0.2, 0.25) is 0 Å². The maximum absolute atomic E-state index is 15.1. The zero-order chi connectivity index (χ0) is 29.8. The molecule has 7 nitrogen and oxygen atoms in total. The number of aromatic nitrogens is 2. The second-order valence-corrected chi connectivity index (χ2v) is 11.6. The van der Waals surface area contributed by atoms with Gasteiger partial charge in [0.05, 0.1) is 15.1 Å². The van der Waals surface area contributed by atoms with Crippen LogP contribution in [0.5, 0.6) is 11.6 Å². The van der Waals surface area contributed by atoms with E-state index < -0.39 is 67.5 Å². The number of carbonyl (C=O) groups excluding carboxylic acids is 1. The SMILES string of the molecule is Cc1c(Oc2nnc(C(F)(F)F)c(C)c2C(=O)Nc2cccc(S(C)(=N)=O)c2)ccc(C2(C(F)(F)F)CC2)c1F. The number of hydrogen-bond donors (Lipinski definition) is 2. The number of benzene rings is 2. The van der Waals surface area contributed by atoms with Crippen molar-refractivity contribution < 1.29 is 44.5 Å². The summed E-state index contributed by atoms with van der Waals surface area (Å²) in [6.45, 7) is 2.06. The molecule has 0 aliphatic heterocycles. The van der Waals surface area contributed by atoms with Crippen molar-refractivity contribution in [3.05, 3.63) is 70.2 Å². The highest BCUT2D eigenvalue weighted by Gasteiger charge is 2.65. The van der Waals surface area contributed by atoms with Gasteiger partial charge in [0.1, 0.15) is 17.1 Å². The molecule has 2 N–H and O–H groups in total. The van der Waals surface area contributed by atoms with Gasteiger partial charge in [-0.25, -0.2) is 13.4 Å². The maximum Gasteiger partial charge on any atom is 0.435 e. The molecule has 1 aliphatic rings. The van der Waals surface area contributed by atoms with E-state index in [4.69, 9.17) is 9.52 Å². The fraction of sp³-hybridized carbons (Fsp3) is 0.320. The van der Waals surface area contributed by atoms with Crippen molar-refractivity contribution in [3.8, 4) is 11.6 Å². The van der Waals surface area contributed by atoms with Gasteiger partial charge < -0.3 is 10.1 Å². The fourth-order valence-electron chi connectivity index (χ4n) is 4.20. The number of amides is 1. The Morgan fingerprint density at radius 1 is 1.05 bits per heavy atom. The molecule has 1 aromatic heterocycles. The minimum absolute atomic E-state index is 0.00601. The molecular weight excluding hydrogens is 569 g/mol. The van der Waals surface area contributed by atoms with E-state index in [1.165, 1.54) is 24.3 Å². The molecule has 40 heavy (non-hydrogen) atoms. The highest BCUT2D eigenvalue weighted by Crippen LogP contribution is 2.60. The molecule has 0 spiro atoms. The van der Waals surface area contributed by atoms with Crippen LogP contribution in [-0.4, -0.2) is 32.7 Å². The normalized spacial score (nSPS) is 16.2. The van der Waals surface area contributed by atoms with Gasteiger partial charge in [0, 0.05) is 28.0 Å². The monoisotopic (exact) mass is 590 g/mol. The summed E-state index contributed by atoms with van der Waals surface area (Å²) in [5, 5.41) is 8.83. The number of nitrogens with one attached hydrogen (secondary N) is 2. The molecule has 1 unspecified atom stereocenters. The first kappa shape index (κ1) is 29.2. The number of anilines is 1. The quantitative estimate of drug-likeness (QED) is 0.303. The molecule has 0 saturated heterocycles. The van der Waals surface area contributed by atoms with Gasteiger partial charge in [-0.3, -0.25) is 4.79 Å². The largest absolute Gasteiger partial charge is 0.437 e. The van der Waals surface area contributed by atoms with Crippen molar-refractivity contribution in [1.82, 2.24) is 10.2 Å². The Bertz CT molecular complexity index is 1620. The van der Waals surface area contributed by atoms with Gasteiger partial charge in [-0.05, 0) is 56.5 Å². The molecule has 1 heterocycles. The molecule has 214 valence electrons. The van der Waals surface area contributed by atoms with Crippen LogP contribution >= 0.6 is 0 Å². The van der Waals surface area contributed by atoms with Crippen molar-refractivity contribution >= 4 is 21.3 Å². The third kappa shape index (κ3) is 5.33. The smallest absolute Gasteiger partial charge is 0.435 e. The van der Waals surface area contributed by atoms with Crippen LogP contribution in [0.25, 0.3) is 0 Å². The number of halogens is 7. The third-order valence-electron chi connectivity index (χ3n) is 6.57. The van der Waals surface area contributed by atoms with E-state index in [0.29, 0.717) is 0 Å². The Hall–Kier alpha value is -3.75. The van der Waals surface area contributed by atoms with Crippen molar-refractivity contribution in [2.45, 2.75) is 49.4 Å². The number of carbonyl (C=O) groups is 1. The molecule has 1 amide bonds. The lowest BCUT2D eigenvalue weighted by molar-refractivity contribution is -0.161. The summed E-state index contributed by atoms with van der Waals surface area (Å²) in [4.78, 5) is 13.2. The molecular formula is C25H21F7N4O3S. The lowest BCUT2D eigenvalue weighted by Crippen LogP contribution is -2.29. The summed E-state index contributed by atoms with van der Waals surface area (Å²) in [5.41, 5.74) is -6.21. The zero-order valence-corrected chi connectivity index (χ0v) is 21.9. The molecule has 1 fully saturated rings. The van der Waals surface area contributed by atoms with E-state index in [-0.39, 0.29) is 34.7 Å². The Morgan fingerprint density at radius 3 is 2.25 bits per heavy atom. The van der Waals surface area contributed by atoms with E-state index in [1.807, 2.05) is 0 Å². The van der Waals surface area contributed by atoms with Crippen LogP contribution in [0.3, 0.4) is 0 Å². The Balaban J connectivity index is 1.76. The van der Waals surface area contributed by atoms with Crippen molar-refractivity contribution in [2.75, 3.05) is 11.6 Å². The first-order valence-electron chi connectivity index (χ1n) is 11.5. The van der Waals surface area contributed by atoms with E-state index in [2.05, 4.69) is 15.5 Å². The van der Waals surface area contributed by atoms with Gasteiger partial charge in [0.25, 0.3) is 11.8 Å². The molecule has 0 radical (unpaired) electrons. The van der Waals surface area contributed by atoms with Crippen LogP contribution in [0, 0.1) is 24.4 Å². The van der Waals surface area contributed by atoms with E-state index >= 15 is 4.39 Å². The summed E-state index contributed by atoms with van der Waals surface area (Å²) < 4.78 is 122. The van der Waals surface area contributed by atoms with Gasteiger partial charge in [-0.15, -0.1) is 10.2 Å². The molecule has 2 aromatic carbocycles. The molecule has 1 saturated carbocycles. The summed E-state index contributed by atoms with van der Waals surface area (Å²) in [5.74, 6) is -3.50. The number of rotatable bonds is 6. The number of ether oxygens (including phenoxy) is 1. The Kier molecular flexibility index (Phi) is 7.10.